The molecule has 0 heterocycles. The van der Waals surface area contributed by atoms with Gasteiger partial charge < -0.3 is 14.7 Å². The van der Waals surface area contributed by atoms with Crippen molar-refractivity contribution in [3.8, 4) is 5.75 Å². The smallest absolute Gasteiger partial charge is 0.323 e. The molecule has 0 unspecified atom stereocenters. The summed E-state index contributed by atoms with van der Waals surface area (Å²) in [7, 11) is 3.14. The monoisotopic (exact) mass is 277 g/mol. The Labute approximate surface area is 118 Å². The van der Waals surface area contributed by atoms with Crippen molar-refractivity contribution in [1.29, 1.82) is 0 Å². The highest BCUT2D eigenvalue weighted by Gasteiger charge is 2.47. The third-order valence-corrected chi connectivity index (χ3v) is 3.98. The van der Waals surface area contributed by atoms with Crippen LogP contribution in [0.3, 0.4) is 0 Å². The molecular formula is C15H19NO4. The topological polar surface area (TPSA) is 66.8 Å². The van der Waals surface area contributed by atoms with E-state index in [0.29, 0.717) is 0 Å². The van der Waals surface area contributed by atoms with Crippen LogP contribution >= 0.6 is 0 Å². The molecule has 0 saturated heterocycles. The van der Waals surface area contributed by atoms with Gasteiger partial charge in [-0.25, -0.2) is 0 Å². The minimum absolute atomic E-state index is 0.115. The van der Waals surface area contributed by atoms with E-state index in [1.54, 1.807) is 14.2 Å². The number of rotatable bonds is 5. The minimum Gasteiger partial charge on any atom is -0.497 e. The van der Waals surface area contributed by atoms with Crippen LogP contribution in [0.25, 0.3) is 0 Å². The molecule has 2 rings (SSSR count). The molecule has 0 aromatic heterocycles. The molecule has 1 aliphatic rings. The van der Waals surface area contributed by atoms with Crippen LogP contribution in [0.1, 0.15) is 24.8 Å². The second-order valence-corrected chi connectivity index (χ2v) is 5.22. The lowest BCUT2D eigenvalue weighted by Crippen LogP contribution is -2.50. The van der Waals surface area contributed by atoms with Crippen LogP contribution in [0.4, 0.5) is 0 Å². The van der Waals surface area contributed by atoms with Crippen LogP contribution in [0.5, 0.6) is 5.75 Å². The number of hydrogen-bond donors (Lipinski definition) is 1. The summed E-state index contributed by atoms with van der Waals surface area (Å²) in [5.41, 5.74) is 0.378. The molecule has 1 saturated carbocycles. The molecule has 5 heteroatoms. The highest BCUT2D eigenvalue weighted by Crippen LogP contribution is 2.45. The lowest BCUT2D eigenvalue weighted by atomic mass is 9.63. The van der Waals surface area contributed by atoms with Gasteiger partial charge in [-0.15, -0.1) is 0 Å². The number of methoxy groups -OCH3 is 1. The average molecular weight is 277 g/mol. The van der Waals surface area contributed by atoms with E-state index in [0.717, 1.165) is 30.6 Å². The highest BCUT2D eigenvalue weighted by molar-refractivity contribution is 5.91. The number of carboxylic acid groups (broad SMARTS) is 1. The Morgan fingerprint density at radius 2 is 1.90 bits per heavy atom. The minimum atomic E-state index is -0.995. The average Bonchev–Trinajstić information content (AvgIpc) is 2.37. The zero-order valence-electron chi connectivity index (χ0n) is 11.8. The predicted octanol–water partition coefficient (Wildman–Crippen LogP) is 1.66. The van der Waals surface area contributed by atoms with E-state index in [9.17, 15) is 9.59 Å². The van der Waals surface area contributed by atoms with E-state index in [2.05, 4.69) is 0 Å². The third kappa shape index (κ3) is 2.48. The Kier molecular flexibility index (Phi) is 3.97. The Bertz CT molecular complexity index is 505. The number of benzene rings is 1. The summed E-state index contributed by atoms with van der Waals surface area (Å²) in [6.45, 7) is -0.267. The second kappa shape index (κ2) is 5.53. The van der Waals surface area contributed by atoms with Crippen molar-refractivity contribution in [2.45, 2.75) is 24.7 Å². The van der Waals surface area contributed by atoms with Crippen molar-refractivity contribution in [2.75, 3.05) is 20.7 Å². The zero-order chi connectivity index (χ0) is 14.8. The predicted molar refractivity (Wildman–Crippen MR) is 73.8 cm³/mol. The largest absolute Gasteiger partial charge is 0.497 e. The Morgan fingerprint density at radius 3 is 2.30 bits per heavy atom. The fourth-order valence-electron chi connectivity index (χ4n) is 2.71. The van der Waals surface area contributed by atoms with Crippen LogP contribution in [-0.4, -0.2) is 42.6 Å². The number of aliphatic carboxylic acids is 1. The molecule has 1 fully saturated rings. The van der Waals surface area contributed by atoms with E-state index in [1.165, 1.54) is 4.90 Å². The maximum absolute atomic E-state index is 12.6. The molecule has 0 spiro atoms. The van der Waals surface area contributed by atoms with Gasteiger partial charge in [0.1, 0.15) is 12.3 Å². The van der Waals surface area contributed by atoms with Crippen LogP contribution in [-0.2, 0) is 15.0 Å². The van der Waals surface area contributed by atoms with E-state index in [4.69, 9.17) is 9.84 Å². The number of carboxylic acids is 1. The number of carbonyl (C=O) groups excluding carboxylic acids is 1. The van der Waals surface area contributed by atoms with Gasteiger partial charge in [0.25, 0.3) is 0 Å². The van der Waals surface area contributed by atoms with Gasteiger partial charge in [-0.05, 0) is 30.5 Å². The molecule has 1 aromatic rings. The highest BCUT2D eigenvalue weighted by atomic mass is 16.5. The lowest BCUT2D eigenvalue weighted by molar-refractivity contribution is -0.147. The van der Waals surface area contributed by atoms with Gasteiger partial charge in [0.15, 0.2) is 0 Å². The van der Waals surface area contributed by atoms with Crippen molar-refractivity contribution in [1.82, 2.24) is 4.90 Å². The number of ether oxygens (including phenoxy) is 1. The summed E-state index contributed by atoms with van der Waals surface area (Å²) in [6, 6.07) is 7.45. The van der Waals surface area contributed by atoms with E-state index in [-0.39, 0.29) is 12.5 Å². The first-order chi connectivity index (χ1) is 9.49. The summed E-state index contributed by atoms with van der Waals surface area (Å²) in [6.07, 6.45) is 2.52. The van der Waals surface area contributed by atoms with Gasteiger partial charge >= 0.3 is 5.97 Å². The molecule has 1 N–H and O–H groups in total. The van der Waals surface area contributed by atoms with Gasteiger partial charge in [-0.1, -0.05) is 18.6 Å². The molecule has 20 heavy (non-hydrogen) atoms. The van der Waals surface area contributed by atoms with Crippen molar-refractivity contribution in [2.24, 2.45) is 0 Å². The maximum atomic E-state index is 12.6. The summed E-state index contributed by atoms with van der Waals surface area (Å²) < 4.78 is 5.12. The van der Waals surface area contributed by atoms with Crippen LogP contribution in [0, 0.1) is 0 Å². The Balaban J connectivity index is 2.24. The molecule has 0 atom stereocenters. The lowest BCUT2D eigenvalue weighted by Gasteiger charge is -2.42. The SMILES string of the molecule is COc1ccc(C2(C(=O)N(C)CC(=O)O)CCC2)cc1. The van der Waals surface area contributed by atoms with Crippen molar-refractivity contribution >= 4 is 11.9 Å². The van der Waals surface area contributed by atoms with Gasteiger partial charge in [0, 0.05) is 7.05 Å². The van der Waals surface area contributed by atoms with Gasteiger partial charge in [-0.3, -0.25) is 9.59 Å². The molecule has 1 aliphatic carbocycles. The molecule has 108 valence electrons. The standard InChI is InChI=1S/C15H19NO4/c1-16(10-13(17)18)14(19)15(8-3-9-15)11-4-6-12(20-2)7-5-11/h4-7H,3,8-10H2,1-2H3,(H,17,18). The molecule has 0 radical (unpaired) electrons. The normalized spacial score (nSPS) is 16.1. The van der Waals surface area contributed by atoms with Crippen molar-refractivity contribution in [3.05, 3.63) is 29.8 Å². The van der Waals surface area contributed by atoms with Crippen LogP contribution in [0.15, 0.2) is 24.3 Å². The Hall–Kier alpha value is -2.04. The van der Waals surface area contributed by atoms with Gasteiger partial charge in [0.05, 0.1) is 12.5 Å². The van der Waals surface area contributed by atoms with E-state index in [1.807, 2.05) is 24.3 Å². The van der Waals surface area contributed by atoms with Crippen molar-refractivity contribution in [3.63, 3.8) is 0 Å². The van der Waals surface area contributed by atoms with E-state index >= 15 is 0 Å². The summed E-state index contributed by atoms with van der Waals surface area (Å²) in [5, 5.41) is 8.82. The van der Waals surface area contributed by atoms with Gasteiger partial charge in [0.2, 0.25) is 5.91 Å². The van der Waals surface area contributed by atoms with Crippen molar-refractivity contribution < 1.29 is 19.4 Å². The van der Waals surface area contributed by atoms with Gasteiger partial charge in [-0.2, -0.15) is 0 Å². The van der Waals surface area contributed by atoms with Crippen LogP contribution < -0.4 is 4.74 Å². The number of hydrogen-bond acceptors (Lipinski definition) is 3. The molecule has 0 bridgehead atoms. The quantitative estimate of drug-likeness (QED) is 0.889. The molecular weight excluding hydrogens is 258 g/mol. The zero-order valence-corrected chi connectivity index (χ0v) is 11.8. The summed E-state index contributed by atoms with van der Waals surface area (Å²) in [4.78, 5) is 24.6. The number of likely N-dealkylation sites (N-methyl/N-ethyl adjacent to an activating group) is 1. The fraction of sp³-hybridized carbons (Fsp3) is 0.467. The molecule has 0 aliphatic heterocycles. The maximum Gasteiger partial charge on any atom is 0.323 e. The Morgan fingerprint density at radius 1 is 1.30 bits per heavy atom. The first-order valence-electron chi connectivity index (χ1n) is 6.61. The van der Waals surface area contributed by atoms with Crippen LogP contribution in [0.2, 0.25) is 0 Å². The number of nitrogens with zero attached hydrogens (tertiary/aromatic N) is 1. The summed E-state index contributed by atoms with van der Waals surface area (Å²) in [5.74, 6) is -0.365. The first kappa shape index (κ1) is 14.4. The fourth-order valence-corrected chi connectivity index (χ4v) is 2.71. The number of carbonyl (C=O) groups is 2. The number of amides is 1. The summed E-state index contributed by atoms with van der Waals surface area (Å²) >= 11 is 0. The van der Waals surface area contributed by atoms with E-state index < -0.39 is 11.4 Å². The molecule has 5 nitrogen and oxygen atoms in total. The first-order valence-corrected chi connectivity index (χ1v) is 6.61. The third-order valence-electron chi connectivity index (χ3n) is 3.98. The molecule has 1 amide bonds. The second-order valence-electron chi connectivity index (χ2n) is 5.22. The molecule has 1 aromatic carbocycles.